The predicted octanol–water partition coefficient (Wildman–Crippen LogP) is 13.3. The minimum Gasteiger partial charge on any atom is -0.343 e. The SMILES string of the molecule is CCCCCCCC/C=C\CCCCCCCCC1(CCCCCCCC/C=C\CCCCCCCC)OC2CN(C)C[C@@H]2O1. The lowest BCUT2D eigenvalue weighted by atomic mass is 9.98. The number of allylic oxidation sites excluding steroid dienone is 4. The summed E-state index contributed by atoms with van der Waals surface area (Å²) in [6.07, 6.45) is 50.6. The summed E-state index contributed by atoms with van der Waals surface area (Å²) in [5.41, 5.74) is 0. The van der Waals surface area contributed by atoms with E-state index in [9.17, 15) is 0 Å². The zero-order valence-corrected chi connectivity index (χ0v) is 30.9. The van der Waals surface area contributed by atoms with Gasteiger partial charge in [-0.1, -0.05) is 154 Å². The van der Waals surface area contributed by atoms with Crippen LogP contribution in [-0.2, 0) is 9.47 Å². The topological polar surface area (TPSA) is 21.7 Å². The van der Waals surface area contributed by atoms with Crippen molar-refractivity contribution >= 4 is 0 Å². The highest BCUT2D eigenvalue weighted by atomic mass is 16.8. The van der Waals surface area contributed by atoms with Gasteiger partial charge in [-0.2, -0.15) is 0 Å². The van der Waals surface area contributed by atoms with Crippen molar-refractivity contribution in [3.05, 3.63) is 24.3 Å². The van der Waals surface area contributed by atoms with Crippen molar-refractivity contribution in [3.63, 3.8) is 0 Å². The Morgan fingerprint density at radius 3 is 1.07 bits per heavy atom. The lowest BCUT2D eigenvalue weighted by molar-refractivity contribution is -0.193. The van der Waals surface area contributed by atoms with Gasteiger partial charge in [0.05, 0.1) is 0 Å². The summed E-state index contributed by atoms with van der Waals surface area (Å²) in [6.45, 7) is 6.66. The van der Waals surface area contributed by atoms with E-state index in [4.69, 9.17) is 9.47 Å². The van der Waals surface area contributed by atoms with Crippen LogP contribution in [0.1, 0.15) is 206 Å². The van der Waals surface area contributed by atoms with Crippen molar-refractivity contribution in [2.45, 2.75) is 224 Å². The highest BCUT2D eigenvalue weighted by Gasteiger charge is 2.49. The van der Waals surface area contributed by atoms with Gasteiger partial charge in [0, 0.05) is 25.9 Å². The van der Waals surface area contributed by atoms with E-state index in [1.54, 1.807) is 0 Å². The summed E-state index contributed by atoms with van der Waals surface area (Å²) >= 11 is 0. The van der Waals surface area contributed by atoms with Gasteiger partial charge in [-0.15, -0.1) is 0 Å². The minimum atomic E-state index is -0.293. The maximum Gasteiger partial charge on any atom is 0.169 e. The van der Waals surface area contributed by atoms with Crippen LogP contribution in [0.4, 0.5) is 0 Å². The van der Waals surface area contributed by atoms with Crippen LogP contribution in [0.2, 0.25) is 0 Å². The van der Waals surface area contributed by atoms with Crippen LogP contribution in [0, 0.1) is 0 Å². The highest BCUT2D eigenvalue weighted by molar-refractivity contribution is 4.93. The van der Waals surface area contributed by atoms with Gasteiger partial charge in [0.2, 0.25) is 0 Å². The van der Waals surface area contributed by atoms with Crippen molar-refractivity contribution < 1.29 is 9.47 Å². The summed E-state index contributed by atoms with van der Waals surface area (Å²) < 4.78 is 13.4. The quantitative estimate of drug-likeness (QED) is 0.0546. The molecule has 2 aliphatic rings. The summed E-state index contributed by atoms with van der Waals surface area (Å²) in [5.74, 6) is -0.293. The number of rotatable bonds is 32. The second kappa shape index (κ2) is 28.4. The van der Waals surface area contributed by atoms with Crippen molar-refractivity contribution in [2.24, 2.45) is 0 Å². The molecule has 3 nitrogen and oxygen atoms in total. The predicted molar refractivity (Wildman–Crippen MR) is 198 cm³/mol. The van der Waals surface area contributed by atoms with Crippen LogP contribution in [0.25, 0.3) is 0 Å². The fourth-order valence-electron chi connectivity index (χ4n) is 7.37. The third-order valence-corrected chi connectivity index (χ3v) is 10.3. The molecule has 264 valence electrons. The Bertz CT molecular complexity index is 645. The zero-order valence-electron chi connectivity index (χ0n) is 30.9. The highest BCUT2D eigenvalue weighted by Crippen LogP contribution is 2.40. The van der Waals surface area contributed by atoms with E-state index in [-0.39, 0.29) is 5.79 Å². The molecule has 0 N–H and O–H groups in total. The molecule has 0 saturated carbocycles. The van der Waals surface area contributed by atoms with E-state index in [2.05, 4.69) is 50.1 Å². The van der Waals surface area contributed by atoms with Crippen LogP contribution in [0.15, 0.2) is 24.3 Å². The summed E-state index contributed by atoms with van der Waals surface area (Å²) in [5, 5.41) is 0. The number of nitrogens with zero attached hydrogens (tertiary/aromatic N) is 1. The van der Waals surface area contributed by atoms with Crippen LogP contribution in [0.3, 0.4) is 0 Å². The lowest BCUT2D eigenvalue weighted by Crippen LogP contribution is -2.34. The molecule has 0 aromatic rings. The largest absolute Gasteiger partial charge is 0.343 e. The van der Waals surface area contributed by atoms with E-state index in [0.717, 1.165) is 25.9 Å². The molecule has 0 radical (unpaired) electrons. The van der Waals surface area contributed by atoms with Gasteiger partial charge >= 0.3 is 0 Å². The first-order valence-electron chi connectivity index (χ1n) is 20.5. The Kier molecular flexibility index (Phi) is 25.6. The first kappa shape index (κ1) is 40.5. The van der Waals surface area contributed by atoms with E-state index >= 15 is 0 Å². The Morgan fingerprint density at radius 2 is 0.733 bits per heavy atom. The van der Waals surface area contributed by atoms with E-state index in [1.807, 2.05) is 0 Å². The molecule has 0 spiro atoms. The molecule has 2 fully saturated rings. The van der Waals surface area contributed by atoms with Crippen molar-refractivity contribution in [3.8, 4) is 0 Å². The van der Waals surface area contributed by atoms with Crippen LogP contribution in [-0.4, -0.2) is 43.0 Å². The molecular formula is C42H79NO2. The van der Waals surface area contributed by atoms with E-state index < -0.39 is 0 Å². The fourth-order valence-corrected chi connectivity index (χ4v) is 7.37. The van der Waals surface area contributed by atoms with Crippen molar-refractivity contribution in [1.82, 2.24) is 4.90 Å². The van der Waals surface area contributed by atoms with Crippen LogP contribution >= 0.6 is 0 Å². The van der Waals surface area contributed by atoms with Crippen LogP contribution < -0.4 is 0 Å². The number of fused-ring (bicyclic) bond motifs is 1. The standard InChI is InChI=1S/C42H79NO2/c1-4-6-8-10-12-14-16-18-20-22-24-26-28-30-32-34-36-42(44-40-38-43(3)39-41(40)45-42)37-35-33-31-29-27-25-23-21-19-17-15-13-11-9-7-5-2/h18-21,40-41H,4-17,22-39H2,1-3H3/b20-18-,21-19-/t40-,41?/m0/s1. The normalized spacial score (nSPS) is 19.9. The molecule has 2 saturated heterocycles. The molecule has 0 aromatic heterocycles. The third kappa shape index (κ3) is 21.1. The molecule has 2 aliphatic heterocycles. The second-order valence-corrected chi connectivity index (χ2v) is 14.8. The van der Waals surface area contributed by atoms with Crippen molar-refractivity contribution in [1.29, 1.82) is 0 Å². The number of hydrogen-bond acceptors (Lipinski definition) is 3. The Morgan fingerprint density at radius 1 is 0.444 bits per heavy atom. The van der Waals surface area contributed by atoms with E-state index in [1.165, 1.54) is 180 Å². The third-order valence-electron chi connectivity index (χ3n) is 10.3. The fraction of sp³-hybridized carbons (Fsp3) is 0.905. The number of likely N-dealkylation sites (N-methyl/N-ethyl adjacent to an activating group) is 1. The molecule has 2 rings (SSSR count). The van der Waals surface area contributed by atoms with Gasteiger partial charge < -0.3 is 14.4 Å². The van der Waals surface area contributed by atoms with Crippen LogP contribution in [0.5, 0.6) is 0 Å². The summed E-state index contributed by atoms with van der Waals surface area (Å²) in [7, 11) is 2.20. The van der Waals surface area contributed by atoms with Gasteiger partial charge in [0.15, 0.2) is 5.79 Å². The molecule has 0 bridgehead atoms. The maximum absolute atomic E-state index is 6.71. The van der Waals surface area contributed by atoms with Gasteiger partial charge in [-0.3, -0.25) is 0 Å². The molecule has 1 unspecified atom stereocenters. The van der Waals surface area contributed by atoms with E-state index in [0.29, 0.717) is 12.2 Å². The first-order valence-corrected chi connectivity index (χ1v) is 20.5. The Hall–Kier alpha value is -0.640. The lowest BCUT2D eigenvalue weighted by Gasteiger charge is -2.30. The summed E-state index contributed by atoms with van der Waals surface area (Å²) in [4.78, 5) is 2.37. The average molecular weight is 630 g/mol. The van der Waals surface area contributed by atoms with Gasteiger partial charge in [-0.05, 0) is 71.3 Å². The van der Waals surface area contributed by atoms with Gasteiger partial charge in [-0.25, -0.2) is 0 Å². The number of hydrogen-bond donors (Lipinski definition) is 0. The molecule has 0 amide bonds. The molecule has 0 aromatic carbocycles. The summed E-state index contributed by atoms with van der Waals surface area (Å²) in [6, 6.07) is 0. The van der Waals surface area contributed by atoms with Gasteiger partial charge in [0.1, 0.15) is 12.2 Å². The molecule has 2 heterocycles. The first-order chi connectivity index (χ1) is 22.2. The molecule has 45 heavy (non-hydrogen) atoms. The number of likely N-dealkylation sites (tertiary alicyclic amines) is 1. The van der Waals surface area contributed by atoms with Gasteiger partial charge in [0.25, 0.3) is 0 Å². The average Bonchev–Trinajstić information content (AvgIpc) is 3.54. The second-order valence-electron chi connectivity index (χ2n) is 14.8. The zero-order chi connectivity index (χ0) is 32.1. The smallest absolute Gasteiger partial charge is 0.169 e. The molecular weight excluding hydrogens is 550 g/mol. The van der Waals surface area contributed by atoms with Crippen molar-refractivity contribution in [2.75, 3.05) is 20.1 Å². The number of unbranched alkanes of at least 4 members (excludes halogenated alkanes) is 24. The monoisotopic (exact) mass is 630 g/mol. The Labute approximate surface area is 282 Å². The molecule has 0 aliphatic carbocycles. The molecule has 2 atom stereocenters. The minimum absolute atomic E-state index is 0.290. The number of ether oxygens (including phenoxy) is 2. The maximum atomic E-state index is 6.71. The Balaban J connectivity index is 1.47. The molecule has 3 heteroatoms.